The highest BCUT2D eigenvalue weighted by atomic mass is 16.5. The van der Waals surface area contributed by atoms with Crippen molar-refractivity contribution < 1.29 is 14.7 Å². The van der Waals surface area contributed by atoms with Crippen LogP contribution in [-0.2, 0) is 16.1 Å². The molecular formula is C16H17NO3. The molecule has 0 fully saturated rings. The van der Waals surface area contributed by atoms with Gasteiger partial charge in [-0.25, -0.2) is 0 Å². The van der Waals surface area contributed by atoms with Crippen LogP contribution >= 0.6 is 0 Å². The van der Waals surface area contributed by atoms with E-state index >= 15 is 0 Å². The monoisotopic (exact) mass is 271 g/mol. The van der Waals surface area contributed by atoms with E-state index in [1.807, 2.05) is 37.3 Å². The van der Waals surface area contributed by atoms with Crippen LogP contribution in [0.3, 0.4) is 0 Å². The van der Waals surface area contributed by atoms with Crippen LogP contribution in [0, 0.1) is 0 Å². The number of hydrogen-bond donors (Lipinski definition) is 1. The fourth-order valence-corrected chi connectivity index (χ4v) is 1.86. The molecule has 2 rings (SSSR count). The van der Waals surface area contributed by atoms with Crippen LogP contribution in [0.5, 0.6) is 0 Å². The van der Waals surface area contributed by atoms with Crippen molar-refractivity contribution in [1.82, 2.24) is 5.06 Å². The second-order valence-corrected chi connectivity index (χ2v) is 4.35. The van der Waals surface area contributed by atoms with Crippen molar-refractivity contribution in [2.45, 2.75) is 13.5 Å². The summed E-state index contributed by atoms with van der Waals surface area (Å²) in [6.45, 7) is 2.64. The molecule has 4 heteroatoms. The fraction of sp³-hybridized carbons (Fsp3) is 0.188. The van der Waals surface area contributed by atoms with E-state index in [-0.39, 0.29) is 5.78 Å². The summed E-state index contributed by atoms with van der Waals surface area (Å²) in [5, 5.41) is 11.0. The Morgan fingerprint density at radius 3 is 2.70 bits per heavy atom. The van der Waals surface area contributed by atoms with Crippen LogP contribution < -0.4 is 0 Å². The number of allylic oxidation sites excluding steroid dienone is 4. The van der Waals surface area contributed by atoms with Crippen molar-refractivity contribution in [3.8, 4) is 0 Å². The minimum Gasteiger partial charge on any atom is -0.490 e. The van der Waals surface area contributed by atoms with Crippen molar-refractivity contribution in [3.05, 3.63) is 71.7 Å². The maximum atomic E-state index is 11.5. The normalized spacial score (nSPS) is 16.2. The molecule has 4 nitrogen and oxygen atoms in total. The molecule has 0 bridgehead atoms. The molecule has 1 aliphatic carbocycles. The fourth-order valence-electron chi connectivity index (χ4n) is 1.86. The van der Waals surface area contributed by atoms with Gasteiger partial charge in [0.1, 0.15) is 0 Å². The van der Waals surface area contributed by atoms with E-state index in [0.717, 1.165) is 10.6 Å². The number of ether oxygens (including phenoxy) is 1. The first kappa shape index (κ1) is 14.1. The topological polar surface area (TPSA) is 49.8 Å². The molecule has 1 aromatic carbocycles. The standard InChI is InChI=1S/C16H17NO3/c1-2-20-16-10-14(8-9-15(16)18)12-17(19)11-13-6-4-3-5-7-13/h3-10,12,19H,2,11H2,1H3. The summed E-state index contributed by atoms with van der Waals surface area (Å²) in [4.78, 5) is 11.5. The minimum atomic E-state index is -0.156. The molecule has 104 valence electrons. The Labute approximate surface area is 118 Å². The van der Waals surface area contributed by atoms with E-state index in [2.05, 4.69) is 0 Å². The summed E-state index contributed by atoms with van der Waals surface area (Å²) >= 11 is 0. The molecule has 0 unspecified atom stereocenters. The summed E-state index contributed by atoms with van der Waals surface area (Å²) in [6, 6.07) is 9.63. The van der Waals surface area contributed by atoms with E-state index < -0.39 is 0 Å². The van der Waals surface area contributed by atoms with E-state index in [4.69, 9.17) is 4.74 Å². The maximum absolute atomic E-state index is 11.5. The summed E-state index contributed by atoms with van der Waals surface area (Å²) in [5.41, 5.74) is 1.71. The molecule has 0 aromatic heterocycles. The van der Waals surface area contributed by atoms with Crippen molar-refractivity contribution in [2.75, 3.05) is 6.61 Å². The van der Waals surface area contributed by atoms with Gasteiger partial charge < -0.3 is 4.74 Å². The predicted molar refractivity (Wildman–Crippen MR) is 75.7 cm³/mol. The maximum Gasteiger partial charge on any atom is 0.220 e. The van der Waals surface area contributed by atoms with E-state index in [1.54, 1.807) is 18.4 Å². The Bertz CT molecular complexity index is 558. The lowest BCUT2D eigenvalue weighted by Gasteiger charge is -2.15. The van der Waals surface area contributed by atoms with Gasteiger partial charge in [-0.05, 0) is 36.3 Å². The van der Waals surface area contributed by atoms with Gasteiger partial charge in [0.25, 0.3) is 0 Å². The molecule has 20 heavy (non-hydrogen) atoms. The van der Waals surface area contributed by atoms with Gasteiger partial charge in [-0.2, -0.15) is 0 Å². The third-order valence-electron chi connectivity index (χ3n) is 2.75. The second kappa shape index (κ2) is 6.73. The quantitative estimate of drug-likeness (QED) is 0.837. The molecule has 0 atom stereocenters. The second-order valence-electron chi connectivity index (χ2n) is 4.35. The first-order valence-electron chi connectivity index (χ1n) is 6.47. The van der Waals surface area contributed by atoms with Gasteiger partial charge in [0, 0.05) is 6.20 Å². The lowest BCUT2D eigenvalue weighted by atomic mass is 10.1. The van der Waals surface area contributed by atoms with Crippen LogP contribution in [0.1, 0.15) is 12.5 Å². The highest BCUT2D eigenvalue weighted by Gasteiger charge is 2.12. The van der Waals surface area contributed by atoms with E-state index in [1.165, 1.54) is 6.08 Å². The van der Waals surface area contributed by atoms with Crippen molar-refractivity contribution in [3.63, 3.8) is 0 Å². The minimum absolute atomic E-state index is 0.156. The zero-order valence-corrected chi connectivity index (χ0v) is 11.3. The Kier molecular flexibility index (Phi) is 4.74. The molecule has 1 aromatic rings. The Balaban J connectivity index is 2.06. The van der Waals surface area contributed by atoms with Crippen molar-refractivity contribution in [2.24, 2.45) is 0 Å². The van der Waals surface area contributed by atoms with Crippen LogP contribution in [-0.4, -0.2) is 22.7 Å². The molecule has 1 aliphatic rings. The number of benzene rings is 1. The van der Waals surface area contributed by atoms with Gasteiger partial charge in [-0.3, -0.25) is 15.1 Å². The van der Waals surface area contributed by atoms with Gasteiger partial charge in [0.05, 0.1) is 13.2 Å². The number of ketones is 1. The first-order valence-corrected chi connectivity index (χ1v) is 6.47. The molecule has 0 spiro atoms. The summed E-state index contributed by atoms with van der Waals surface area (Å²) in [7, 11) is 0. The average Bonchev–Trinajstić information content (AvgIpc) is 2.44. The average molecular weight is 271 g/mol. The van der Waals surface area contributed by atoms with E-state index in [9.17, 15) is 10.0 Å². The van der Waals surface area contributed by atoms with Gasteiger partial charge in [0.2, 0.25) is 5.78 Å². The van der Waals surface area contributed by atoms with Crippen molar-refractivity contribution in [1.29, 1.82) is 0 Å². The van der Waals surface area contributed by atoms with Gasteiger partial charge in [-0.15, -0.1) is 0 Å². The Morgan fingerprint density at radius 2 is 2.00 bits per heavy atom. The molecule has 0 amide bonds. The molecular weight excluding hydrogens is 254 g/mol. The van der Waals surface area contributed by atoms with Crippen LogP contribution in [0.2, 0.25) is 0 Å². The predicted octanol–water partition coefficient (Wildman–Crippen LogP) is 2.82. The molecule has 0 aliphatic heterocycles. The van der Waals surface area contributed by atoms with Gasteiger partial charge in [0.15, 0.2) is 5.76 Å². The Hall–Kier alpha value is -2.33. The van der Waals surface area contributed by atoms with Gasteiger partial charge >= 0.3 is 0 Å². The number of nitrogens with zero attached hydrogens (tertiary/aromatic N) is 1. The third-order valence-corrected chi connectivity index (χ3v) is 2.75. The van der Waals surface area contributed by atoms with Gasteiger partial charge in [-0.1, -0.05) is 30.3 Å². The Morgan fingerprint density at radius 1 is 1.25 bits per heavy atom. The molecule has 0 radical (unpaired) electrons. The van der Waals surface area contributed by atoms with Crippen LogP contribution in [0.4, 0.5) is 0 Å². The van der Waals surface area contributed by atoms with Crippen LogP contribution in [0.25, 0.3) is 0 Å². The number of hydrogen-bond acceptors (Lipinski definition) is 4. The molecule has 0 saturated carbocycles. The largest absolute Gasteiger partial charge is 0.490 e. The van der Waals surface area contributed by atoms with Crippen molar-refractivity contribution >= 4 is 5.78 Å². The highest BCUT2D eigenvalue weighted by molar-refractivity contribution is 6.04. The number of rotatable bonds is 5. The highest BCUT2D eigenvalue weighted by Crippen LogP contribution is 2.15. The zero-order valence-electron chi connectivity index (χ0n) is 11.3. The lowest BCUT2D eigenvalue weighted by Crippen LogP contribution is -2.13. The summed E-state index contributed by atoms with van der Waals surface area (Å²) < 4.78 is 5.24. The first-order chi connectivity index (χ1) is 9.69. The number of carbonyl (C=O) groups is 1. The molecule has 0 heterocycles. The van der Waals surface area contributed by atoms with Crippen LogP contribution in [0.15, 0.2) is 66.1 Å². The summed E-state index contributed by atoms with van der Waals surface area (Å²) in [6.07, 6.45) is 6.28. The zero-order chi connectivity index (χ0) is 14.4. The number of carbonyl (C=O) groups excluding carboxylic acids is 1. The SMILES string of the molecule is CCOC1=CC(=CN(O)Cc2ccccc2)C=CC1=O. The summed E-state index contributed by atoms with van der Waals surface area (Å²) in [5.74, 6) is 0.144. The lowest BCUT2D eigenvalue weighted by molar-refractivity contribution is -0.114. The molecule has 1 N–H and O–H groups in total. The molecule has 0 saturated heterocycles. The smallest absolute Gasteiger partial charge is 0.220 e. The third kappa shape index (κ3) is 3.83. The number of hydroxylamine groups is 2. The van der Waals surface area contributed by atoms with E-state index in [0.29, 0.717) is 24.5 Å².